The average Bonchev–Trinajstić information content (AvgIpc) is 3.32. The molecule has 24 heavy (non-hydrogen) atoms. The smallest absolute Gasteiger partial charge is 0.267 e. The van der Waals surface area contributed by atoms with Crippen LogP contribution in [0.3, 0.4) is 0 Å². The van der Waals surface area contributed by atoms with Crippen molar-refractivity contribution in [1.29, 1.82) is 0 Å². The van der Waals surface area contributed by atoms with E-state index in [0.717, 1.165) is 17.1 Å². The SMILES string of the molecule is Cn1nccc1-c1nnn2c1CO[C@@H](CNC(=O)c1ccc[nH]1)C2. The zero-order chi connectivity index (χ0) is 16.5. The van der Waals surface area contributed by atoms with Gasteiger partial charge in [0.1, 0.15) is 11.4 Å². The number of amides is 1. The van der Waals surface area contributed by atoms with Crippen molar-refractivity contribution < 1.29 is 9.53 Å². The van der Waals surface area contributed by atoms with Crippen LogP contribution in [0.25, 0.3) is 11.4 Å². The second-order valence-electron chi connectivity index (χ2n) is 5.63. The number of rotatable bonds is 4. The van der Waals surface area contributed by atoms with Gasteiger partial charge in [0.05, 0.1) is 30.6 Å². The van der Waals surface area contributed by atoms with Crippen molar-refractivity contribution in [2.24, 2.45) is 7.05 Å². The number of carbonyl (C=O) groups excluding carboxylic acids is 1. The monoisotopic (exact) mass is 327 g/mol. The summed E-state index contributed by atoms with van der Waals surface area (Å²) in [5.41, 5.74) is 3.14. The van der Waals surface area contributed by atoms with Crippen molar-refractivity contribution in [3.05, 3.63) is 42.0 Å². The summed E-state index contributed by atoms with van der Waals surface area (Å²) >= 11 is 0. The van der Waals surface area contributed by atoms with E-state index in [-0.39, 0.29) is 12.0 Å². The van der Waals surface area contributed by atoms with Gasteiger partial charge in [-0.05, 0) is 18.2 Å². The highest BCUT2D eigenvalue weighted by atomic mass is 16.5. The summed E-state index contributed by atoms with van der Waals surface area (Å²) < 4.78 is 9.44. The zero-order valence-corrected chi connectivity index (χ0v) is 13.1. The van der Waals surface area contributed by atoms with E-state index in [0.29, 0.717) is 25.4 Å². The van der Waals surface area contributed by atoms with Crippen molar-refractivity contribution in [3.8, 4) is 11.4 Å². The number of nitrogens with zero attached hydrogens (tertiary/aromatic N) is 5. The predicted octanol–water partition coefficient (Wildman–Crippen LogP) is 0.335. The second-order valence-corrected chi connectivity index (χ2v) is 5.63. The fraction of sp³-hybridized carbons (Fsp3) is 0.333. The molecule has 0 fully saturated rings. The van der Waals surface area contributed by atoms with Crippen LogP contribution in [0, 0.1) is 0 Å². The lowest BCUT2D eigenvalue weighted by atomic mass is 10.2. The number of carbonyl (C=O) groups is 1. The Hall–Kier alpha value is -2.94. The Morgan fingerprint density at radius 3 is 3.17 bits per heavy atom. The van der Waals surface area contributed by atoms with Gasteiger partial charge in [0, 0.05) is 26.0 Å². The fourth-order valence-corrected chi connectivity index (χ4v) is 2.77. The Kier molecular flexibility index (Phi) is 3.62. The number of nitrogens with one attached hydrogen (secondary N) is 2. The molecule has 0 radical (unpaired) electrons. The number of aromatic nitrogens is 6. The third-order valence-corrected chi connectivity index (χ3v) is 4.07. The lowest BCUT2D eigenvalue weighted by Gasteiger charge is -2.24. The van der Waals surface area contributed by atoms with Gasteiger partial charge in [-0.25, -0.2) is 4.68 Å². The van der Waals surface area contributed by atoms with Gasteiger partial charge in [-0.15, -0.1) is 5.10 Å². The van der Waals surface area contributed by atoms with E-state index in [4.69, 9.17) is 4.74 Å². The van der Waals surface area contributed by atoms with Crippen LogP contribution in [0.1, 0.15) is 16.2 Å². The topological polar surface area (TPSA) is 103 Å². The van der Waals surface area contributed by atoms with E-state index in [1.807, 2.05) is 17.8 Å². The maximum atomic E-state index is 11.9. The Balaban J connectivity index is 1.43. The molecule has 0 bridgehead atoms. The molecule has 4 heterocycles. The van der Waals surface area contributed by atoms with Crippen molar-refractivity contribution in [2.75, 3.05) is 6.54 Å². The van der Waals surface area contributed by atoms with Gasteiger partial charge in [0.25, 0.3) is 5.91 Å². The molecular formula is C15H17N7O2. The molecule has 0 saturated heterocycles. The molecule has 9 nitrogen and oxygen atoms in total. The maximum Gasteiger partial charge on any atom is 0.267 e. The molecule has 1 amide bonds. The van der Waals surface area contributed by atoms with E-state index < -0.39 is 0 Å². The quantitative estimate of drug-likeness (QED) is 0.719. The number of fused-ring (bicyclic) bond motifs is 1. The molecular weight excluding hydrogens is 310 g/mol. The van der Waals surface area contributed by atoms with Crippen LogP contribution in [0.5, 0.6) is 0 Å². The van der Waals surface area contributed by atoms with Gasteiger partial charge in [0.15, 0.2) is 0 Å². The van der Waals surface area contributed by atoms with Crippen molar-refractivity contribution >= 4 is 5.91 Å². The van der Waals surface area contributed by atoms with Crippen LogP contribution in [-0.2, 0) is 24.9 Å². The molecule has 0 aromatic carbocycles. The molecule has 0 saturated carbocycles. The maximum absolute atomic E-state index is 11.9. The molecule has 3 aromatic heterocycles. The van der Waals surface area contributed by atoms with Gasteiger partial charge in [0.2, 0.25) is 0 Å². The van der Waals surface area contributed by atoms with Gasteiger partial charge < -0.3 is 15.0 Å². The van der Waals surface area contributed by atoms with Crippen LogP contribution < -0.4 is 5.32 Å². The van der Waals surface area contributed by atoms with Crippen LogP contribution in [0.2, 0.25) is 0 Å². The number of aromatic amines is 1. The lowest BCUT2D eigenvalue weighted by molar-refractivity contribution is 0.00172. The second kappa shape index (κ2) is 5.93. The summed E-state index contributed by atoms with van der Waals surface area (Å²) in [6.45, 7) is 1.36. The number of ether oxygens (including phenoxy) is 1. The Bertz CT molecular complexity index is 849. The molecule has 4 rings (SSSR count). The number of aryl methyl sites for hydroxylation is 1. The highest BCUT2D eigenvalue weighted by Crippen LogP contribution is 2.24. The van der Waals surface area contributed by atoms with E-state index in [1.54, 1.807) is 29.2 Å². The van der Waals surface area contributed by atoms with Crippen molar-refractivity contribution in [2.45, 2.75) is 19.3 Å². The molecule has 1 atom stereocenters. The molecule has 0 unspecified atom stereocenters. The summed E-state index contributed by atoms with van der Waals surface area (Å²) in [6.07, 6.45) is 3.30. The molecule has 124 valence electrons. The highest BCUT2D eigenvalue weighted by molar-refractivity contribution is 5.92. The van der Waals surface area contributed by atoms with Crippen LogP contribution in [0.15, 0.2) is 30.6 Å². The molecule has 9 heteroatoms. The van der Waals surface area contributed by atoms with Crippen molar-refractivity contribution in [1.82, 2.24) is 35.1 Å². The van der Waals surface area contributed by atoms with Gasteiger partial charge in [-0.2, -0.15) is 5.10 Å². The van der Waals surface area contributed by atoms with Crippen LogP contribution >= 0.6 is 0 Å². The van der Waals surface area contributed by atoms with Gasteiger partial charge in [-0.1, -0.05) is 5.21 Å². The van der Waals surface area contributed by atoms with Gasteiger partial charge >= 0.3 is 0 Å². The summed E-state index contributed by atoms with van der Waals surface area (Å²) in [6, 6.07) is 5.41. The fourth-order valence-electron chi connectivity index (χ4n) is 2.77. The first-order valence-electron chi connectivity index (χ1n) is 7.66. The molecule has 0 spiro atoms. The number of H-pyrrole nitrogens is 1. The summed E-state index contributed by atoms with van der Waals surface area (Å²) in [4.78, 5) is 14.8. The van der Waals surface area contributed by atoms with Gasteiger partial charge in [-0.3, -0.25) is 9.48 Å². The largest absolute Gasteiger partial charge is 0.368 e. The normalized spacial score (nSPS) is 16.8. The minimum atomic E-state index is -0.149. The van der Waals surface area contributed by atoms with E-state index >= 15 is 0 Å². The first kappa shape index (κ1) is 14.6. The Morgan fingerprint density at radius 2 is 2.42 bits per heavy atom. The first-order valence-corrected chi connectivity index (χ1v) is 7.66. The van der Waals surface area contributed by atoms with E-state index in [2.05, 4.69) is 25.7 Å². The van der Waals surface area contributed by atoms with E-state index in [1.165, 1.54) is 0 Å². The van der Waals surface area contributed by atoms with Crippen LogP contribution in [-0.4, -0.2) is 48.3 Å². The van der Waals surface area contributed by atoms with Crippen molar-refractivity contribution in [3.63, 3.8) is 0 Å². The number of hydrogen-bond donors (Lipinski definition) is 2. The third-order valence-electron chi connectivity index (χ3n) is 4.07. The summed E-state index contributed by atoms with van der Waals surface area (Å²) in [5, 5.41) is 15.5. The van der Waals surface area contributed by atoms with E-state index in [9.17, 15) is 4.79 Å². The summed E-state index contributed by atoms with van der Waals surface area (Å²) in [7, 11) is 1.86. The third kappa shape index (κ3) is 2.58. The molecule has 1 aliphatic heterocycles. The Morgan fingerprint density at radius 1 is 1.50 bits per heavy atom. The molecule has 1 aliphatic rings. The standard InChI is InChI=1S/C15H17N7O2/c1-21-12(4-6-18-21)14-13-9-24-10(8-22(13)20-19-14)7-17-15(23)11-3-2-5-16-11/h2-6,10,16H,7-9H2,1H3,(H,17,23)/t10-/m0/s1. The first-order chi connectivity index (χ1) is 11.7. The van der Waals surface area contributed by atoms with Crippen LogP contribution in [0.4, 0.5) is 0 Å². The highest BCUT2D eigenvalue weighted by Gasteiger charge is 2.25. The zero-order valence-electron chi connectivity index (χ0n) is 13.1. The minimum absolute atomic E-state index is 0.141. The average molecular weight is 327 g/mol. The molecule has 3 aromatic rings. The lowest BCUT2D eigenvalue weighted by Crippen LogP contribution is -2.39. The number of hydrogen-bond acceptors (Lipinski definition) is 5. The molecule has 0 aliphatic carbocycles. The minimum Gasteiger partial charge on any atom is -0.368 e. The Labute approximate surface area is 137 Å². The summed E-state index contributed by atoms with van der Waals surface area (Å²) in [5.74, 6) is -0.149. The molecule has 2 N–H and O–H groups in total. The predicted molar refractivity (Wildman–Crippen MR) is 83.9 cm³/mol.